The van der Waals surface area contributed by atoms with E-state index < -0.39 is 0 Å². The quantitative estimate of drug-likeness (QED) is 0.658. The van der Waals surface area contributed by atoms with E-state index in [1.807, 2.05) is 12.1 Å². The molecule has 0 saturated carbocycles. The van der Waals surface area contributed by atoms with Gasteiger partial charge in [0, 0.05) is 27.9 Å². The highest BCUT2D eigenvalue weighted by Crippen LogP contribution is 2.29. The number of hydrogen-bond donors (Lipinski definition) is 1. The molecule has 0 saturated heterocycles. The summed E-state index contributed by atoms with van der Waals surface area (Å²) < 4.78 is 12.9. The smallest absolute Gasteiger partial charge is 0.123 e. The molecule has 1 atom stereocenters. The molecular formula is C17H16FNS2. The number of benzene rings is 1. The van der Waals surface area contributed by atoms with Gasteiger partial charge in [-0.25, -0.2) is 4.39 Å². The van der Waals surface area contributed by atoms with Crippen molar-refractivity contribution < 1.29 is 4.39 Å². The van der Waals surface area contributed by atoms with Crippen LogP contribution >= 0.6 is 22.7 Å². The van der Waals surface area contributed by atoms with Crippen LogP contribution < -0.4 is 5.32 Å². The second-order valence-electron chi connectivity index (χ2n) is 4.93. The van der Waals surface area contributed by atoms with Crippen LogP contribution in [0.3, 0.4) is 0 Å². The van der Waals surface area contributed by atoms with Crippen molar-refractivity contribution in [3.63, 3.8) is 0 Å². The van der Waals surface area contributed by atoms with E-state index in [-0.39, 0.29) is 11.9 Å². The molecule has 4 heteroatoms. The zero-order valence-corrected chi connectivity index (χ0v) is 13.3. The SMILES string of the molecule is CC(NCc1cc(-c2cccs2)cs1)c1ccc(F)cc1. The van der Waals surface area contributed by atoms with Crippen molar-refractivity contribution >= 4 is 22.7 Å². The predicted octanol–water partition coefficient (Wildman–Crippen LogP) is 5.47. The highest BCUT2D eigenvalue weighted by atomic mass is 32.1. The maximum Gasteiger partial charge on any atom is 0.123 e. The lowest BCUT2D eigenvalue weighted by atomic mass is 10.1. The average Bonchev–Trinajstić information content (AvgIpc) is 3.16. The molecule has 3 aromatic rings. The fraction of sp³-hybridized carbons (Fsp3) is 0.176. The molecule has 0 fully saturated rings. The van der Waals surface area contributed by atoms with Crippen LogP contribution in [0.15, 0.2) is 53.2 Å². The van der Waals surface area contributed by atoms with Crippen LogP contribution in [0.2, 0.25) is 0 Å². The van der Waals surface area contributed by atoms with E-state index in [1.54, 1.807) is 22.7 Å². The van der Waals surface area contributed by atoms with E-state index in [0.29, 0.717) is 0 Å². The van der Waals surface area contributed by atoms with Gasteiger partial charge in [-0.15, -0.1) is 22.7 Å². The molecule has 1 aromatic carbocycles. The van der Waals surface area contributed by atoms with E-state index in [1.165, 1.54) is 27.5 Å². The van der Waals surface area contributed by atoms with Gasteiger partial charge in [-0.05, 0) is 47.5 Å². The second kappa shape index (κ2) is 6.52. The molecule has 0 amide bonds. The van der Waals surface area contributed by atoms with Crippen LogP contribution in [0.25, 0.3) is 10.4 Å². The highest BCUT2D eigenvalue weighted by molar-refractivity contribution is 7.14. The van der Waals surface area contributed by atoms with Gasteiger partial charge in [-0.3, -0.25) is 0 Å². The number of nitrogens with one attached hydrogen (secondary N) is 1. The number of hydrogen-bond acceptors (Lipinski definition) is 3. The second-order valence-corrected chi connectivity index (χ2v) is 6.88. The molecule has 0 aliphatic rings. The Morgan fingerprint density at radius 2 is 1.95 bits per heavy atom. The minimum Gasteiger partial charge on any atom is -0.305 e. The fourth-order valence-corrected chi connectivity index (χ4v) is 3.79. The van der Waals surface area contributed by atoms with Gasteiger partial charge in [0.05, 0.1) is 0 Å². The van der Waals surface area contributed by atoms with E-state index in [0.717, 1.165) is 12.1 Å². The summed E-state index contributed by atoms with van der Waals surface area (Å²) in [5.74, 6) is -0.190. The molecule has 1 N–H and O–H groups in total. The van der Waals surface area contributed by atoms with Crippen LogP contribution in [0.4, 0.5) is 4.39 Å². The van der Waals surface area contributed by atoms with Gasteiger partial charge in [0.25, 0.3) is 0 Å². The van der Waals surface area contributed by atoms with Gasteiger partial charge < -0.3 is 5.32 Å². The molecule has 0 aliphatic heterocycles. The molecule has 0 aliphatic carbocycles. The summed E-state index contributed by atoms with van der Waals surface area (Å²) in [6.45, 7) is 2.93. The summed E-state index contributed by atoms with van der Waals surface area (Å²) in [6, 6.07) is 13.3. The van der Waals surface area contributed by atoms with Gasteiger partial charge >= 0.3 is 0 Å². The summed E-state index contributed by atoms with van der Waals surface area (Å²) in [5.41, 5.74) is 2.40. The molecule has 0 radical (unpaired) electrons. The van der Waals surface area contributed by atoms with E-state index in [2.05, 4.69) is 41.2 Å². The van der Waals surface area contributed by atoms with Crippen molar-refractivity contribution in [1.82, 2.24) is 5.32 Å². The molecule has 3 rings (SSSR count). The van der Waals surface area contributed by atoms with Gasteiger partial charge in [0.2, 0.25) is 0 Å². The first-order valence-electron chi connectivity index (χ1n) is 6.82. The summed E-state index contributed by atoms with van der Waals surface area (Å²) in [4.78, 5) is 2.62. The lowest BCUT2D eigenvalue weighted by Gasteiger charge is -2.13. The number of rotatable bonds is 5. The summed E-state index contributed by atoms with van der Waals surface area (Å²) in [6.07, 6.45) is 0. The standard InChI is InChI=1S/C17H16FNS2/c1-12(13-4-6-15(18)7-5-13)19-10-16-9-14(11-21-16)17-3-2-8-20-17/h2-9,11-12,19H,10H2,1H3. The van der Waals surface area contributed by atoms with Gasteiger partial charge in [-0.2, -0.15) is 0 Å². The fourth-order valence-electron chi connectivity index (χ4n) is 2.17. The van der Waals surface area contributed by atoms with Gasteiger partial charge in [-0.1, -0.05) is 18.2 Å². The summed E-state index contributed by atoms with van der Waals surface area (Å²) in [7, 11) is 0. The molecule has 2 aromatic heterocycles. The Morgan fingerprint density at radius 1 is 1.14 bits per heavy atom. The van der Waals surface area contributed by atoms with Crippen LogP contribution in [0, 0.1) is 5.82 Å². The lowest BCUT2D eigenvalue weighted by molar-refractivity contribution is 0.575. The van der Waals surface area contributed by atoms with Crippen molar-refractivity contribution in [2.45, 2.75) is 19.5 Å². The first-order chi connectivity index (χ1) is 10.2. The topological polar surface area (TPSA) is 12.0 Å². The van der Waals surface area contributed by atoms with Crippen molar-refractivity contribution in [2.75, 3.05) is 0 Å². The van der Waals surface area contributed by atoms with Crippen molar-refractivity contribution in [3.8, 4) is 10.4 Å². The molecule has 108 valence electrons. The Bertz CT molecular complexity index is 686. The van der Waals surface area contributed by atoms with Crippen molar-refractivity contribution in [1.29, 1.82) is 0 Å². The summed E-state index contributed by atoms with van der Waals surface area (Å²) >= 11 is 3.53. The predicted molar refractivity (Wildman–Crippen MR) is 89.3 cm³/mol. The van der Waals surface area contributed by atoms with E-state index in [4.69, 9.17) is 0 Å². The van der Waals surface area contributed by atoms with Crippen molar-refractivity contribution in [2.24, 2.45) is 0 Å². The minimum absolute atomic E-state index is 0.190. The van der Waals surface area contributed by atoms with Crippen molar-refractivity contribution in [3.05, 3.63) is 69.5 Å². The monoisotopic (exact) mass is 317 g/mol. The Labute approximate surface area is 132 Å². The first kappa shape index (κ1) is 14.4. The van der Waals surface area contributed by atoms with Crippen LogP contribution in [-0.2, 0) is 6.54 Å². The van der Waals surface area contributed by atoms with Gasteiger partial charge in [0.15, 0.2) is 0 Å². The molecule has 0 bridgehead atoms. The van der Waals surface area contributed by atoms with Crippen LogP contribution in [-0.4, -0.2) is 0 Å². The zero-order valence-electron chi connectivity index (χ0n) is 11.7. The Hall–Kier alpha value is -1.49. The maximum atomic E-state index is 12.9. The highest BCUT2D eigenvalue weighted by Gasteiger charge is 2.07. The molecule has 1 nitrogen and oxygen atoms in total. The lowest BCUT2D eigenvalue weighted by Crippen LogP contribution is -2.17. The maximum absolute atomic E-state index is 12.9. The molecule has 2 heterocycles. The number of halogens is 1. The van der Waals surface area contributed by atoms with Gasteiger partial charge in [0.1, 0.15) is 5.82 Å². The minimum atomic E-state index is -0.190. The largest absolute Gasteiger partial charge is 0.305 e. The Balaban J connectivity index is 1.61. The van der Waals surface area contributed by atoms with E-state index in [9.17, 15) is 4.39 Å². The molecule has 21 heavy (non-hydrogen) atoms. The van der Waals surface area contributed by atoms with E-state index >= 15 is 0 Å². The third-order valence-electron chi connectivity index (χ3n) is 3.41. The Kier molecular flexibility index (Phi) is 4.48. The molecule has 1 unspecified atom stereocenters. The molecular weight excluding hydrogens is 301 g/mol. The average molecular weight is 317 g/mol. The first-order valence-corrected chi connectivity index (χ1v) is 8.58. The normalized spacial score (nSPS) is 12.5. The summed E-state index contributed by atoms with van der Waals surface area (Å²) in [5, 5.41) is 7.78. The Morgan fingerprint density at radius 3 is 2.67 bits per heavy atom. The van der Waals surface area contributed by atoms with Crippen LogP contribution in [0.1, 0.15) is 23.4 Å². The van der Waals surface area contributed by atoms with Crippen LogP contribution in [0.5, 0.6) is 0 Å². The zero-order chi connectivity index (χ0) is 14.7. The molecule has 0 spiro atoms. The number of thiophene rings is 2. The third-order valence-corrected chi connectivity index (χ3v) is 5.27. The third kappa shape index (κ3) is 3.59.